The molecule has 1 saturated heterocycles. The van der Waals surface area contributed by atoms with E-state index in [1.807, 2.05) is 0 Å². The van der Waals surface area contributed by atoms with E-state index in [4.69, 9.17) is 4.74 Å². The number of hydrogen-bond acceptors (Lipinski definition) is 2. The van der Waals surface area contributed by atoms with Gasteiger partial charge in [0.15, 0.2) is 0 Å². The lowest BCUT2D eigenvalue weighted by Gasteiger charge is -2.44. The highest BCUT2D eigenvalue weighted by atomic mass is 19.1. The zero-order chi connectivity index (χ0) is 14.0. The van der Waals surface area contributed by atoms with E-state index in [0.717, 1.165) is 31.7 Å². The second-order valence-electron chi connectivity index (χ2n) is 6.05. The van der Waals surface area contributed by atoms with E-state index in [1.165, 1.54) is 31.4 Å². The van der Waals surface area contributed by atoms with Crippen LogP contribution in [0.5, 0.6) is 0 Å². The van der Waals surface area contributed by atoms with Crippen LogP contribution in [-0.4, -0.2) is 18.2 Å². The summed E-state index contributed by atoms with van der Waals surface area (Å²) in [6, 6.07) is 3.72. The van der Waals surface area contributed by atoms with E-state index in [9.17, 15) is 8.78 Å². The lowest BCUT2D eigenvalue weighted by Crippen LogP contribution is -2.45. The van der Waals surface area contributed by atoms with E-state index in [2.05, 4.69) is 5.32 Å². The van der Waals surface area contributed by atoms with Crippen molar-refractivity contribution in [2.24, 2.45) is 0 Å². The maximum atomic E-state index is 13.7. The summed E-state index contributed by atoms with van der Waals surface area (Å²) in [6.45, 7) is 0.703. The number of ether oxygens (including phenoxy) is 1. The minimum Gasteiger partial charge on any atom is -0.380 e. The van der Waals surface area contributed by atoms with Gasteiger partial charge in [-0.3, -0.25) is 0 Å². The molecular formula is C16H21F2NO. The molecule has 3 rings (SSSR count). The first-order valence-electron chi connectivity index (χ1n) is 7.52. The Morgan fingerprint density at radius 3 is 2.75 bits per heavy atom. The van der Waals surface area contributed by atoms with Crippen molar-refractivity contribution < 1.29 is 13.5 Å². The summed E-state index contributed by atoms with van der Waals surface area (Å²) in [4.78, 5) is 0. The van der Waals surface area contributed by atoms with Gasteiger partial charge in [0.05, 0.1) is 11.3 Å². The number of benzene rings is 1. The Morgan fingerprint density at radius 1 is 1.15 bits per heavy atom. The largest absolute Gasteiger partial charge is 0.380 e. The van der Waals surface area contributed by atoms with Crippen molar-refractivity contribution >= 4 is 5.69 Å². The van der Waals surface area contributed by atoms with Gasteiger partial charge in [-0.15, -0.1) is 0 Å². The van der Waals surface area contributed by atoms with Crippen molar-refractivity contribution in [1.82, 2.24) is 0 Å². The molecular weight excluding hydrogens is 260 g/mol. The Balaban J connectivity index is 1.69. The molecule has 1 unspecified atom stereocenters. The zero-order valence-electron chi connectivity index (χ0n) is 11.6. The van der Waals surface area contributed by atoms with Crippen molar-refractivity contribution in [2.45, 2.75) is 56.6 Å². The van der Waals surface area contributed by atoms with E-state index in [0.29, 0.717) is 6.61 Å². The molecule has 1 saturated carbocycles. The van der Waals surface area contributed by atoms with Gasteiger partial charge in [0.2, 0.25) is 0 Å². The van der Waals surface area contributed by atoms with Crippen LogP contribution in [0.1, 0.15) is 44.9 Å². The van der Waals surface area contributed by atoms with Crippen molar-refractivity contribution in [1.29, 1.82) is 0 Å². The molecule has 4 heteroatoms. The SMILES string of the molecule is Fc1ccc(F)c(NC2CCOC3(CCCCC3)C2)c1. The second kappa shape index (κ2) is 5.68. The van der Waals surface area contributed by atoms with E-state index < -0.39 is 11.6 Å². The molecule has 0 bridgehead atoms. The van der Waals surface area contributed by atoms with Crippen molar-refractivity contribution in [3.63, 3.8) is 0 Å². The summed E-state index contributed by atoms with van der Waals surface area (Å²) in [5.41, 5.74) is 0.237. The molecule has 1 heterocycles. The van der Waals surface area contributed by atoms with Gasteiger partial charge in [0.1, 0.15) is 11.6 Å². The third kappa shape index (κ3) is 2.95. The van der Waals surface area contributed by atoms with Crippen molar-refractivity contribution in [2.75, 3.05) is 11.9 Å². The van der Waals surface area contributed by atoms with Gasteiger partial charge in [-0.2, -0.15) is 0 Å². The monoisotopic (exact) mass is 281 g/mol. The summed E-state index contributed by atoms with van der Waals surface area (Å²) < 4.78 is 32.9. The second-order valence-corrected chi connectivity index (χ2v) is 6.05. The number of hydrogen-bond donors (Lipinski definition) is 1. The fraction of sp³-hybridized carbons (Fsp3) is 0.625. The summed E-state index contributed by atoms with van der Waals surface area (Å²) >= 11 is 0. The normalized spacial score (nSPS) is 25.6. The molecule has 0 aromatic heterocycles. The maximum absolute atomic E-state index is 13.7. The number of rotatable bonds is 2. The molecule has 20 heavy (non-hydrogen) atoms. The highest BCUT2D eigenvalue weighted by Crippen LogP contribution is 2.39. The third-order valence-corrected chi connectivity index (χ3v) is 4.55. The van der Waals surface area contributed by atoms with Gasteiger partial charge in [-0.25, -0.2) is 8.78 Å². The molecule has 110 valence electrons. The molecule has 1 aromatic carbocycles. The van der Waals surface area contributed by atoms with Crippen LogP contribution in [0.25, 0.3) is 0 Å². The molecule has 2 aliphatic rings. The molecule has 1 N–H and O–H groups in total. The smallest absolute Gasteiger partial charge is 0.146 e. The fourth-order valence-corrected chi connectivity index (χ4v) is 3.52. The molecule has 0 amide bonds. The van der Waals surface area contributed by atoms with Crippen LogP contribution in [0.3, 0.4) is 0 Å². The van der Waals surface area contributed by atoms with Gasteiger partial charge in [0, 0.05) is 12.6 Å². The van der Waals surface area contributed by atoms with Crippen LogP contribution in [0.4, 0.5) is 14.5 Å². The number of halogens is 2. The van der Waals surface area contributed by atoms with Crippen LogP contribution in [0.2, 0.25) is 0 Å². The minimum absolute atomic E-state index is 0.0298. The summed E-state index contributed by atoms with van der Waals surface area (Å²) in [5, 5.41) is 3.17. The molecule has 1 aliphatic carbocycles. The third-order valence-electron chi connectivity index (χ3n) is 4.55. The molecule has 2 fully saturated rings. The van der Waals surface area contributed by atoms with Gasteiger partial charge in [-0.05, 0) is 43.9 Å². The molecule has 2 nitrogen and oxygen atoms in total. The average molecular weight is 281 g/mol. The minimum atomic E-state index is -0.409. The summed E-state index contributed by atoms with van der Waals surface area (Å²) in [7, 11) is 0. The van der Waals surface area contributed by atoms with Crippen LogP contribution >= 0.6 is 0 Å². The standard InChI is InChI=1S/C16H21F2NO/c17-12-4-5-14(18)15(10-12)19-13-6-9-20-16(11-13)7-2-1-3-8-16/h4-5,10,13,19H,1-3,6-9,11H2. The molecule has 1 aromatic rings. The highest BCUT2D eigenvalue weighted by Gasteiger charge is 2.38. The Bertz CT molecular complexity index is 466. The first-order chi connectivity index (χ1) is 9.67. The fourth-order valence-electron chi connectivity index (χ4n) is 3.52. The van der Waals surface area contributed by atoms with Crippen LogP contribution in [-0.2, 0) is 4.74 Å². The molecule has 1 aliphatic heterocycles. The predicted molar refractivity (Wildman–Crippen MR) is 74.8 cm³/mol. The maximum Gasteiger partial charge on any atom is 0.146 e. The molecule has 1 spiro atoms. The topological polar surface area (TPSA) is 21.3 Å². The van der Waals surface area contributed by atoms with Gasteiger partial charge in [-0.1, -0.05) is 19.3 Å². The lowest BCUT2D eigenvalue weighted by atomic mass is 9.78. The zero-order valence-corrected chi connectivity index (χ0v) is 11.6. The average Bonchev–Trinajstić information content (AvgIpc) is 2.44. The quantitative estimate of drug-likeness (QED) is 0.874. The number of anilines is 1. The predicted octanol–water partition coefficient (Wildman–Crippen LogP) is 4.26. The molecule has 0 radical (unpaired) electrons. The van der Waals surface area contributed by atoms with Crippen molar-refractivity contribution in [3.05, 3.63) is 29.8 Å². The van der Waals surface area contributed by atoms with Crippen LogP contribution in [0.15, 0.2) is 18.2 Å². The van der Waals surface area contributed by atoms with E-state index in [1.54, 1.807) is 0 Å². The lowest BCUT2D eigenvalue weighted by molar-refractivity contribution is -0.103. The highest BCUT2D eigenvalue weighted by molar-refractivity contribution is 5.45. The summed E-state index contributed by atoms with van der Waals surface area (Å²) in [6.07, 6.45) is 7.62. The summed E-state index contributed by atoms with van der Waals surface area (Å²) in [5.74, 6) is -0.802. The van der Waals surface area contributed by atoms with Gasteiger partial charge in [0.25, 0.3) is 0 Å². The Hall–Kier alpha value is -1.16. The van der Waals surface area contributed by atoms with Crippen molar-refractivity contribution in [3.8, 4) is 0 Å². The van der Waals surface area contributed by atoms with Crippen LogP contribution < -0.4 is 5.32 Å². The first kappa shape index (κ1) is 13.8. The number of nitrogens with one attached hydrogen (secondary N) is 1. The van der Waals surface area contributed by atoms with Gasteiger partial charge >= 0.3 is 0 Å². The Morgan fingerprint density at radius 2 is 1.95 bits per heavy atom. The van der Waals surface area contributed by atoms with Gasteiger partial charge < -0.3 is 10.1 Å². The first-order valence-corrected chi connectivity index (χ1v) is 7.52. The Kier molecular flexibility index (Phi) is 3.92. The van der Waals surface area contributed by atoms with E-state index >= 15 is 0 Å². The van der Waals surface area contributed by atoms with E-state index in [-0.39, 0.29) is 17.3 Å². The molecule has 1 atom stereocenters. The Labute approximate surface area is 118 Å². The van der Waals surface area contributed by atoms with Crippen LogP contribution in [0, 0.1) is 11.6 Å².